The first-order valence-electron chi connectivity index (χ1n) is 7.18. The third-order valence-corrected chi connectivity index (χ3v) is 4.29. The molecule has 0 radical (unpaired) electrons. The van der Waals surface area contributed by atoms with Gasteiger partial charge in [-0.3, -0.25) is 4.79 Å². The molecule has 0 spiro atoms. The zero-order valence-corrected chi connectivity index (χ0v) is 12.1. The minimum Gasteiger partial charge on any atom is -0.480 e. The van der Waals surface area contributed by atoms with Crippen molar-refractivity contribution in [3.05, 3.63) is 35.5 Å². The first-order chi connectivity index (χ1) is 10.0. The van der Waals surface area contributed by atoms with Gasteiger partial charge < -0.3 is 15.0 Å². The number of hydrogen-bond acceptors (Lipinski definition) is 2. The fraction of sp³-hybridized carbons (Fsp3) is 0.375. The van der Waals surface area contributed by atoms with Gasteiger partial charge in [-0.25, -0.2) is 4.79 Å². The summed E-state index contributed by atoms with van der Waals surface area (Å²) in [5.41, 5.74) is 2.96. The van der Waals surface area contributed by atoms with Gasteiger partial charge in [0.1, 0.15) is 6.04 Å². The number of amides is 1. The number of benzene rings is 1. The van der Waals surface area contributed by atoms with Gasteiger partial charge in [0, 0.05) is 29.4 Å². The van der Waals surface area contributed by atoms with Crippen LogP contribution in [0.3, 0.4) is 0 Å². The minimum absolute atomic E-state index is 0.126. The van der Waals surface area contributed by atoms with E-state index in [4.69, 9.17) is 0 Å². The summed E-state index contributed by atoms with van der Waals surface area (Å²) in [6, 6.07) is 6.81. The zero-order chi connectivity index (χ0) is 15.1. The summed E-state index contributed by atoms with van der Waals surface area (Å²) in [7, 11) is 0. The molecule has 5 nitrogen and oxygen atoms in total. The highest BCUT2D eigenvalue weighted by Crippen LogP contribution is 2.37. The van der Waals surface area contributed by atoms with Gasteiger partial charge in [-0.2, -0.15) is 0 Å². The summed E-state index contributed by atoms with van der Waals surface area (Å²) in [4.78, 5) is 28.6. The van der Waals surface area contributed by atoms with Gasteiger partial charge >= 0.3 is 5.97 Å². The highest BCUT2D eigenvalue weighted by molar-refractivity contribution is 5.89. The lowest BCUT2D eigenvalue weighted by Gasteiger charge is -2.38. The predicted molar refractivity (Wildman–Crippen MR) is 79.0 cm³/mol. The van der Waals surface area contributed by atoms with Crippen LogP contribution < -0.4 is 0 Å². The highest BCUT2D eigenvalue weighted by atomic mass is 16.4. The van der Waals surface area contributed by atoms with Crippen LogP contribution in [0.1, 0.15) is 37.6 Å². The molecule has 0 saturated heterocycles. The molecule has 0 aliphatic carbocycles. The average Bonchev–Trinajstić information content (AvgIpc) is 2.85. The number of aliphatic carboxylic acids is 1. The van der Waals surface area contributed by atoms with Crippen LogP contribution in [-0.4, -0.2) is 32.9 Å². The molecule has 21 heavy (non-hydrogen) atoms. The van der Waals surface area contributed by atoms with Crippen molar-refractivity contribution in [2.75, 3.05) is 0 Å². The van der Waals surface area contributed by atoms with E-state index in [2.05, 4.69) is 4.98 Å². The maximum atomic E-state index is 12.2. The molecular weight excluding hydrogens is 268 g/mol. The van der Waals surface area contributed by atoms with E-state index in [0.29, 0.717) is 12.8 Å². The van der Waals surface area contributed by atoms with Crippen LogP contribution in [-0.2, 0) is 16.0 Å². The molecule has 1 amide bonds. The van der Waals surface area contributed by atoms with Crippen molar-refractivity contribution in [2.45, 2.75) is 38.8 Å². The molecule has 3 rings (SSSR count). The fourth-order valence-corrected chi connectivity index (χ4v) is 3.28. The third-order valence-electron chi connectivity index (χ3n) is 4.29. The highest BCUT2D eigenvalue weighted by Gasteiger charge is 2.40. The van der Waals surface area contributed by atoms with Crippen LogP contribution in [0.4, 0.5) is 0 Å². The summed E-state index contributed by atoms with van der Waals surface area (Å²) < 4.78 is 0. The monoisotopic (exact) mass is 286 g/mol. The summed E-state index contributed by atoms with van der Waals surface area (Å²) in [5.74, 6) is -1.07. The second-order valence-corrected chi connectivity index (χ2v) is 5.45. The Labute approximate surface area is 122 Å². The summed E-state index contributed by atoms with van der Waals surface area (Å²) in [5, 5.41) is 10.6. The minimum atomic E-state index is -0.945. The van der Waals surface area contributed by atoms with Crippen LogP contribution in [0.25, 0.3) is 10.9 Å². The molecule has 0 bridgehead atoms. The molecule has 2 aromatic rings. The van der Waals surface area contributed by atoms with Crippen molar-refractivity contribution in [2.24, 2.45) is 0 Å². The summed E-state index contributed by atoms with van der Waals surface area (Å²) >= 11 is 0. The van der Waals surface area contributed by atoms with Crippen LogP contribution >= 0.6 is 0 Å². The lowest BCUT2D eigenvalue weighted by atomic mass is 9.92. The predicted octanol–water partition coefficient (Wildman–Crippen LogP) is 2.48. The number of aromatic nitrogens is 1. The van der Waals surface area contributed by atoms with Gasteiger partial charge in [0.25, 0.3) is 0 Å². The van der Waals surface area contributed by atoms with Gasteiger partial charge in [-0.1, -0.05) is 25.1 Å². The van der Waals surface area contributed by atoms with E-state index in [1.54, 1.807) is 6.92 Å². The van der Waals surface area contributed by atoms with Gasteiger partial charge in [-0.05, 0) is 18.6 Å². The Morgan fingerprint density at radius 2 is 2.10 bits per heavy atom. The number of H-pyrrole nitrogens is 1. The number of carbonyl (C=O) groups is 2. The number of rotatable bonds is 2. The number of carboxylic acids is 1. The lowest BCUT2D eigenvalue weighted by molar-refractivity contribution is -0.153. The molecular formula is C16H18N2O3. The van der Waals surface area contributed by atoms with Crippen LogP contribution in [0.2, 0.25) is 0 Å². The average molecular weight is 286 g/mol. The van der Waals surface area contributed by atoms with Gasteiger partial charge in [0.2, 0.25) is 5.91 Å². The Morgan fingerprint density at radius 1 is 1.38 bits per heavy atom. The van der Waals surface area contributed by atoms with E-state index >= 15 is 0 Å². The summed E-state index contributed by atoms with van der Waals surface area (Å²) in [6.07, 6.45) is 0.661. The Bertz CT molecular complexity index is 719. The quantitative estimate of drug-likeness (QED) is 0.890. The number of fused-ring (bicyclic) bond motifs is 3. The lowest BCUT2D eigenvalue weighted by Crippen LogP contribution is -2.50. The van der Waals surface area contributed by atoms with Crippen LogP contribution in [0.15, 0.2) is 24.3 Å². The first kappa shape index (κ1) is 13.7. The first-order valence-corrected chi connectivity index (χ1v) is 7.18. The van der Waals surface area contributed by atoms with Crippen molar-refractivity contribution >= 4 is 22.8 Å². The van der Waals surface area contributed by atoms with Crippen LogP contribution in [0.5, 0.6) is 0 Å². The van der Waals surface area contributed by atoms with E-state index in [1.807, 2.05) is 31.2 Å². The standard InChI is InChI=1S/C16H18N2O3/c1-3-14(19)18-9(2)15-11(8-13(18)16(20)21)10-6-4-5-7-12(10)17-15/h4-7,9,13,17H,3,8H2,1-2H3,(H,20,21)/t9-,13+/m0/s1. The molecule has 110 valence electrons. The topological polar surface area (TPSA) is 73.4 Å². The van der Waals surface area contributed by atoms with Crippen molar-refractivity contribution in [3.63, 3.8) is 0 Å². The molecule has 1 aromatic heterocycles. The molecule has 0 unspecified atom stereocenters. The Morgan fingerprint density at radius 3 is 2.76 bits per heavy atom. The second kappa shape index (κ2) is 4.91. The van der Waals surface area contributed by atoms with Gasteiger partial charge in [-0.15, -0.1) is 0 Å². The van der Waals surface area contributed by atoms with Crippen LogP contribution in [0, 0.1) is 0 Å². The molecule has 1 aliphatic rings. The smallest absolute Gasteiger partial charge is 0.326 e. The summed E-state index contributed by atoms with van der Waals surface area (Å²) in [6.45, 7) is 3.64. The Kier molecular flexibility index (Phi) is 3.20. The van der Waals surface area contributed by atoms with Crippen molar-refractivity contribution in [3.8, 4) is 0 Å². The number of aromatic amines is 1. The second-order valence-electron chi connectivity index (χ2n) is 5.45. The molecule has 1 aliphatic heterocycles. The van der Waals surface area contributed by atoms with E-state index in [1.165, 1.54) is 4.90 Å². The number of para-hydroxylation sites is 1. The number of carboxylic acid groups (broad SMARTS) is 1. The molecule has 5 heteroatoms. The SMILES string of the molecule is CCC(=O)N1[C@@H](C(=O)O)Cc2c([nH]c3ccccc23)[C@@H]1C. The van der Waals surface area contributed by atoms with Crippen molar-refractivity contribution < 1.29 is 14.7 Å². The number of nitrogens with one attached hydrogen (secondary N) is 1. The molecule has 0 fully saturated rings. The maximum absolute atomic E-state index is 12.2. The van der Waals surface area contributed by atoms with Crippen molar-refractivity contribution in [1.82, 2.24) is 9.88 Å². The van der Waals surface area contributed by atoms with E-state index < -0.39 is 12.0 Å². The Balaban J connectivity index is 2.16. The normalized spacial score (nSPS) is 21.3. The molecule has 2 heterocycles. The molecule has 0 saturated carbocycles. The fourth-order valence-electron chi connectivity index (χ4n) is 3.28. The van der Waals surface area contributed by atoms with E-state index in [0.717, 1.165) is 22.2 Å². The van der Waals surface area contributed by atoms with Crippen molar-refractivity contribution in [1.29, 1.82) is 0 Å². The van der Waals surface area contributed by atoms with Gasteiger partial charge in [0.05, 0.1) is 6.04 Å². The zero-order valence-electron chi connectivity index (χ0n) is 12.1. The number of hydrogen-bond donors (Lipinski definition) is 2. The number of nitrogens with zero attached hydrogens (tertiary/aromatic N) is 1. The van der Waals surface area contributed by atoms with E-state index in [9.17, 15) is 14.7 Å². The Hall–Kier alpha value is -2.30. The molecule has 2 N–H and O–H groups in total. The van der Waals surface area contributed by atoms with E-state index in [-0.39, 0.29) is 11.9 Å². The maximum Gasteiger partial charge on any atom is 0.326 e. The molecule has 2 atom stereocenters. The molecule has 1 aromatic carbocycles. The van der Waals surface area contributed by atoms with Gasteiger partial charge in [0.15, 0.2) is 0 Å². The largest absolute Gasteiger partial charge is 0.480 e. The number of carbonyl (C=O) groups excluding carboxylic acids is 1. The third kappa shape index (κ3) is 2.00.